The van der Waals surface area contributed by atoms with Crippen LogP contribution in [0.1, 0.15) is 26.4 Å². The number of pyridine rings is 1. The molecule has 0 spiro atoms. The molecule has 1 aromatic heterocycles. The summed E-state index contributed by atoms with van der Waals surface area (Å²) in [4.78, 5) is 53.6. The third-order valence-corrected chi connectivity index (χ3v) is 4.09. The Hall–Kier alpha value is -3.95. The van der Waals surface area contributed by atoms with E-state index < -0.39 is 29.5 Å². The molecule has 2 aromatic rings. The average molecular weight is 417 g/mol. The van der Waals surface area contributed by atoms with Gasteiger partial charge in [0.2, 0.25) is 0 Å². The second kappa shape index (κ2) is 9.50. The molecule has 10 nitrogen and oxygen atoms in total. The number of ether oxygens (including phenoxy) is 5. The third-order valence-electron chi connectivity index (χ3n) is 4.09. The smallest absolute Gasteiger partial charge is 0.345 e. The van der Waals surface area contributed by atoms with E-state index >= 15 is 0 Å². The molecular formula is C20H19NO9. The molecule has 0 saturated heterocycles. The Kier molecular flexibility index (Phi) is 7.08. The lowest BCUT2D eigenvalue weighted by Gasteiger charge is -2.14. The summed E-state index contributed by atoms with van der Waals surface area (Å²) < 4.78 is 24.0. The molecule has 0 saturated carbocycles. The maximum Gasteiger partial charge on any atom is 0.345 e. The summed E-state index contributed by atoms with van der Waals surface area (Å²) in [5.41, 5.74) is -0.944. The zero-order valence-corrected chi connectivity index (χ0v) is 16.9. The molecule has 1 heterocycles. The van der Waals surface area contributed by atoms with Crippen LogP contribution < -0.4 is 4.74 Å². The Morgan fingerprint density at radius 1 is 0.800 bits per heavy atom. The van der Waals surface area contributed by atoms with Crippen molar-refractivity contribution in [2.24, 2.45) is 0 Å². The van der Waals surface area contributed by atoms with Gasteiger partial charge >= 0.3 is 23.9 Å². The summed E-state index contributed by atoms with van der Waals surface area (Å²) in [6, 6.07) is 4.62. The van der Waals surface area contributed by atoms with E-state index in [4.69, 9.17) is 14.2 Å². The highest BCUT2D eigenvalue weighted by molar-refractivity contribution is 6.19. The second-order valence-electron chi connectivity index (χ2n) is 5.65. The Morgan fingerprint density at radius 2 is 1.37 bits per heavy atom. The Labute approximate surface area is 171 Å². The number of hydrogen-bond donors (Lipinski definition) is 0. The highest BCUT2D eigenvalue weighted by Crippen LogP contribution is 2.30. The minimum absolute atomic E-state index is 0.173. The van der Waals surface area contributed by atoms with Crippen molar-refractivity contribution in [3.8, 4) is 5.75 Å². The number of carbonyl (C=O) groups is 4. The Bertz CT molecular complexity index is 1040. The van der Waals surface area contributed by atoms with Gasteiger partial charge in [-0.2, -0.15) is 0 Å². The maximum atomic E-state index is 12.6. The van der Waals surface area contributed by atoms with E-state index in [0.717, 1.165) is 34.5 Å². The molecular weight excluding hydrogens is 398 g/mol. The predicted octanol–water partition coefficient (Wildman–Crippen LogP) is 1.55. The molecule has 0 atom stereocenters. The van der Waals surface area contributed by atoms with E-state index in [1.807, 2.05) is 0 Å². The van der Waals surface area contributed by atoms with Gasteiger partial charge in [0.05, 0.1) is 52.3 Å². The monoisotopic (exact) mass is 417 g/mol. The summed E-state index contributed by atoms with van der Waals surface area (Å²) in [5.74, 6) is -3.43. The highest BCUT2D eigenvalue weighted by atomic mass is 16.5. The van der Waals surface area contributed by atoms with Crippen molar-refractivity contribution >= 4 is 40.9 Å². The van der Waals surface area contributed by atoms with Crippen molar-refractivity contribution < 1.29 is 42.9 Å². The number of nitrogens with zero attached hydrogens (tertiary/aromatic N) is 1. The second-order valence-corrected chi connectivity index (χ2v) is 5.65. The van der Waals surface area contributed by atoms with E-state index in [1.165, 1.54) is 19.2 Å². The molecule has 158 valence electrons. The quantitative estimate of drug-likeness (QED) is 0.224. The van der Waals surface area contributed by atoms with Crippen molar-refractivity contribution in [3.63, 3.8) is 0 Å². The lowest BCUT2D eigenvalue weighted by atomic mass is 9.98. The van der Waals surface area contributed by atoms with Crippen molar-refractivity contribution in [3.05, 3.63) is 40.6 Å². The van der Waals surface area contributed by atoms with Crippen LogP contribution in [0.4, 0.5) is 0 Å². The number of benzene rings is 1. The van der Waals surface area contributed by atoms with Crippen LogP contribution in [0, 0.1) is 0 Å². The summed E-state index contributed by atoms with van der Waals surface area (Å²) in [7, 11) is 5.82. The third kappa shape index (κ3) is 4.22. The van der Waals surface area contributed by atoms with Crippen LogP contribution in [0.2, 0.25) is 0 Å². The van der Waals surface area contributed by atoms with Gasteiger partial charge in [-0.25, -0.2) is 24.2 Å². The van der Waals surface area contributed by atoms with Gasteiger partial charge in [0.15, 0.2) is 0 Å². The number of fused-ring (bicyclic) bond motifs is 1. The van der Waals surface area contributed by atoms with E-state index in [2.05, 4.69) is 14.5 Å². The van der Waals surface area contributed by atoms with Crippen molar-refractivity contribution in [2.45, 2.75) is 0 Å². The summed E-state index contributed by atoms with van der Waals surface area (Å²) in [6.45, 7) is 0. The lowest BCUT2D eigenvalue weighted by Crippen LogP contribution is -2.18. The van der Waals surface area contributed by atoms with Gasteiger partial charge in [-0.05, 0) is 24.3 Å². The van der Waals surface area contributed by atoms with E-state index in [-0.39, 0.29) is 27.7 Å². The molecule has 1 aromatic carbocycles. The average Bonchev–Trinajstić information content (AvgIpc) is 2.78. The molecule has 0 aliphatic heterocycles. The van der Waals surface area contributed by atoms with Gasteiger partial charge in [-0.15, -0.1) is 0 Å². The number of rotatable bonds is 6. The molecule has 10 heteroatoms. The van der Waals surface area contributed by atoms with Crippen LogP contribution >= 0.6 is 0 Å². The standard InChI is InChI=1S/C20H19NO9/c1-26-10-6-7-13-11(8-10)15(19(24)29-4)16(20(25)30-5)14(21-13)9-12(17(22)27-2)18(23)28-3/h6-9H,1-5H3. The first-order valence-electron chi connectivity index (χ1n) is 8.39. The molecule has 0 bridgehead atoms. The van der Waals surface area contributed by atoms with Crippen LogP contribution in [-0.4, -0.2) is 64.4 Å². The number of aromatic nitrogens is 1. The summed E-state index contributed by atoms with van der Waals surface area (Å²) >= 11 is 0. The fourth-order valence-electron chi connectivity index (χ4n) is 2.67. The van der Waals surface area contributed by atoms with E-state index in [1.54, 1.807) is 6.07 Å². The lowest BCUT2D eigenvalue weighted by molar-refractivity contribution is -0.143. The predicted molar refractivity (Wildman–Crippen MR) is 103 cm³/mol. The van der Waals surface area contributed by atoms with Crippen molar-refractivity contribution in [1.29, 1.82) is 0 Å². The van der Waals surface area contributed by atoms with Gasteiger partial charge < -0.3 is 23.7 Å². The minimum atomic E-state index is -1.02. The molecule has 30 heavy (non-hydrogen) atoms. The van der Waals surface area contributed by atoms with Crippen molar-refractivity contribution in [2.75, 3.05) is 35.5 Å². The largest absolute Gasteiger partial charge is 0.497 e. The molecule has 0 fully saturated rings. The first-order chi connectivity index (χ1) is 14.3. The Morgan fingerprint density at radius 3 is 1.87 bits per heavy atom. The number of methoxy groups -OCH3 is 5. The van der Waals surface area contributed by atoms with Gasteiger partial charge in [0, 0.05) is 5.39 Å². The minimum Gasteiger partial charge on any atom is -0.497 e. The first kappa shape index (κ1) is 22.3. The number of esters is 4. The fraction of sp³-hybridized carbons (Fsp3) is 0.250. The van der Waals surface area contributed by atoms with Crippen LogP contribution in [0.15, 0.2) is 23.8 Å². The van der Waals surface area contributed by atoms with Gasteiger partial charge in [-0.3, -0.25) is 0 Å². The van der Waals surface area contributed by atoms with Crippen LogP contribution in [0.5, 0.6) is 5.75 Å². The first-order valence-corrected chi connectivity index (χ1v) is 8.39. The van der Waals surface area contributed by atoms with Crippen LogP contribution in [0.3, 0.4) is 0 Å². The molecule has 0 amide bonds. The van der Waals surface area contributed by atoms with Crippen LogP contribution in [-0.2, 0) is 28.5 Å². The molecule has 2 rings (SSSR count). The van der Waals surface area contributed by atoms with Gasteiger partial charge in [-0.1, -0.05) is 0 Å². The summed E-state index contributed by atoms with van der Waals surface area (Å²) in [5, 5.41) is 0.247. The molecule has 0 unspecified atom stereocenters. The fourth-order valence-corrected chi connectivity index (χ4v) is 2.67. The molecule has 0 aliphatic rings. The SMILES string of the molecule is COC(=O)C(=Cc1nc2ccc(OC)cc2c(C(=O)OC)c1C(=O)OC)C(=O)OC. The molecule has 0 N–H and O–H groups in total. The number of hydrogen-bond acceptors (Lipinski definition) is 10. The van der Waals surface area contributed by atoms with Gasteiger partial charge in [0.1, 0.15) is 16.9 Å². The Balaban J connectivity index is 3.02. The summed E-state index contributed by atoms with van der Waals surface area (Å²) in [6.07, 6.45) is 0.986. The van der Waals surface area contributed by atoms with Gasteiger partial charge in [0.25, 0.3) is 0 Å². The van der Waals surface area contributed by atoms with E-state index in [0.29, 0.717) is 5.75 Å². The number of carbonyl (C=O) groups excluding carboxylic acids is 4. The highest BCUT2D eigenvalue weighted by Gasteiger charge is 2.29. The molecule has 0 aliphatic carbocycles. The zero-order chi connectivity index (χ0) is 22.4. The normalized spacial score (nSPS) is 10.0. The molecule has 0 radical (unpaired) electrons. The van der Waals surface area contributed by atoms with E-state index in [9.17, 15) is 19.2 Å². The van der Waals surface area contributed by atoms with Crippen molar-refractivity contribution in [1.82, 2.24) is 4.98 Å². The maximum absolute atomic E-state index is 12.6. The zero-order valence-electron chi connectivity index (χ0n) is 16.9. The topological polar surface area (TPSA) is 127 Å². The van der Waals surface area contributed by atoms with Crippen LogP contribution in [0.25, 0.3) is 17.0 Å².